The van der Waals surface area contributed by atoms with Crippen molar-refractivity contribution in [1.29, 1.82) is 0 Å². The van der Waals surface area contributed by atoms with Gasteiger partial charge in [-0.15, -0.1) is 0 Å². The Morgan fingerprint density at radius 1 is 0.453 bits per heavy atom. The van der Waals surface area contributed by atoms with E-state index in [1.807, 2.05) is 0 Å². The zero-order chi connectivity index (χ0) is 46.7. The second-order valence-electron chi connectivity index (χ2n) is 19.0. The van der Waals surface area contributed by atoms with Crippen LogP contribution in [0.2, 0.25) is 0 Å². The summed E-state index contributed by atoms with van der Waals surface area (Å²) >= 11 is 0. The quantitative estimate of drug-likeness (QED) is 0.0321. The second-order valence-corrected chi connectivity index (χ2v) is 19.0. The van der Waals surface area contributed by atoms with Crippen LogP contribution >= 0.6 is 0 Å². The summed E-state index contributed by atoms with van der Waals surface area (Å²) in [5.74, 6) is -0.510. The van der Waals surface area contributed by atoms with E-state index in [4.69, 9.17) is 4.74 Å². The lowest BCUT2D eigenvalue weighted by Gasteiger charge is -2.24. The van der Waals surface area contributed by atoms with Crippen molar-refractivity contribution in [3.05, 3.63) is 48.6 Å². The molecular weight excluding hydrogens is 791 g/mol. The first-order chi connectivity index (χ1) is 31.5. The van der Waals surface area contributed by atoms with E-state index >= 15 is 0 Å². The molecule has 0 aliphatic heterocycles. The van der Waals surface area contributed by atoms with E-state index in [9.17, 15) is 19.8 Å². The molecule has 3 atom stereocenters. The third-order valence-corrected chi connectivity index (χ3v) is 12.7. The molecule has 6 nitrogen and oxygen atoms in total. The third-order valence-electron chi connectivity index (χ3n) is 12.7. The Kier molecular flexibility index (Phi) is 50.0. The molecule has 0 heterocycles. The number of unbranched alkanes of at least 4 members (excludes halogenated alkanes) is 32. The number of rotatable bonds is 50. The van der Waals surface area contributed by atoms with Gasteiger partial charge in [0.1, 0.15) is 6.10 Å². The number of aliphatic hydroxyl groups is 2. The Labute approximate surface area is 397 Å². The highest BCUT2D eigenvalue weighted by Crippen LogP contribution is 2.17. The highest BCUT2D eigenvalue weighted by molar-refractivity contribution is 5.77. The number of amides is 1. The molecule has 3 unspecified atom stereocenters. The molecular formula is C58H107NO5. The average Bonchev–Trinajstić information content (AvgIpc) is 3.29. The van der Waals surface area contributed by atoms with E-state index in [1.54, 1.807) is 0 Å². The molecule has 374 valence electrons. The van der Waals surface area contributed by atoms with Gasteiger partial charge >= 0.3 is 5.97 Å². The molecule has 0 saturated heterocycles. The second kappa shape index (κ2) is 51.8. The predicted molar refractivity (Wildman–Crippen MR) is 278 cm³/mol. The summed E-state index contributed by atoms with van der Waals surface area (Å²) in [6, 6.07) is -0.713. The van der Waals surface area contributed by atoms with Gasteiger partial charge < -0.3 is 20.3 Å². The molecule has 0 fully saturated rings. The van der Waals surface area contributed by atoms with E-state index in [-0.39, 0.29) is 24.9 Å². The zero-order valence-electron chi connectivity index (χ0n) is 42.7. The molecule has 0 aliphatic rings. The van der Waals surface area contributed by atoms with Gasteiger partial charge in [-0.1, -0.05) is 243 Å². The fourth-order valence-corrected chi connectivity index (χ4v) is 8.41. The van der Waals surface area contributed by atoms with Gasteiger partial charge in [0.2, 0.25) is 5.91 Å². The van der Waals surface area contributed by atoms with Crippen LogP contribution in [0.15, 0.2) is 48.6 Å². The van der Waals surface area contributed by atoms with E-state index in [1.165, 1.54) is 154 Å². The van der Waals surface area contributed by atoms with Crippen LogP contribution in [-0.4, -0.2) is 46.9 Å². The third kappa shape index (κ3) is 46.4. The lowest BCUT2D eigenvalue weighted by molar-refractivity contribution is -0.151. The van der Waals surface area contributed by atoms with Crippen molar-refractivity contribution in [2.75, 3.05) is 6.61 Å². The zero-order valence-corrected chi connectivity index (χ0v) is 42.7. The van der Waals surface area contributed by atoms with Crippen LogP contribution in [0.25, 0.3) is 0 Å². The molecule has 0 bridgehead atoms. The van der Waals surface area contributed by atoms with Crippen molar-refractivity contribution in [2.45, 2.75) is 302 Å². The summed E-state index contributed by atoms with van der Waals surface area (Å²) in [6.07, 6.45) is 63.2. The van der Waals surface area contributed by atoms with Gasteiger partial charge in [-0.3, -0.25) is 9.59 Å². The minimum atomic E-state index is -0.797. The van der Waals surface area contributed by atoms with Gasteiger partial charge in [0.05, 0.1) is 25.2 Å². The Morgan fingerprint density at radius 3 is 1.17 bits per heavy atom. The van der Waals surface area contributed by atoms with E-state index in [2.05, 4.69) is 74.7 Å². The molecule has 0 aromatic heterocycles. The largest absolute Gasteiger partial charge is 0.462 e. The van der Waals surface area contributed by atoms with Crippen LogP contribution in [-0.2, 0) is 14.3 Å². The summed E-state index contributed by atoms with van der Waals surface area (Å²) in [6.45, 7) is 6.47. The Hall–Kier alpha value is -2.18. The van der Waals surface area contributed by atoms with Crippen molar-refractivity contribution in [3.8, 4) is 0 Å². The smallest absolute Gasteiger partial charge is 0.306 e. The van der Waals surface area contributed by atoms with Crippen LogP contribution in [0.1, 0.15) is 284 Å². The van der Waals surface area contributed by atoms with Gasteiger partial charge in [-0.25, -0.2) is 0 Å². The van der Waals surface area contributed by atoms with E-state index in [0.717, 1.165) is 83.5 Å². The number of hydrogen-bond donors (Lipinski definition) is 3. The van der Waals surface area contributed by atoms with Crippen LogP contribution in [0.3, 0.4) is 0 Å². The first-order valence-corrected chi connectivity index (χ1v) is 27.9. The molecule has 6 heteroatoms. The molecule has 0 radical (unpaired) electrons. The number of carbonyl (C=O) groups is 2. The van der Waals surface area contributed by atoms with Gasteiger partial charge in [-0.05, 0) is 77.0 Å². The number of ether oxygens (including phenoxy) is 1. The standard InChI is InChI=1S/C58H107NO5/c1-4-7-10-13-16-19-22-24-26-28-29-31-33-36-39-42-45-48-51-58(63)64-54(49-46-43-40-37-35-32-30-27-25-23-20-17-14-11-8-5-2)52-57(62)59-55(53-60)56(61)50-47-44-41-38-34-21-18-15-12-9-6-3/h26-32,35,54-56,60-61H,4-25,33-34,36-53H2,1-3H3,(H,59,62)/b28-26+,30-27+,31-29+,35-32+. The monoisotopic (exact) mass is 898 g/mol. The van der Waals surface area contributed by atoms with E-state index < -0.39 is 18.2 Å². The highest BCUT2D eigenvalue weighted by Gasteiger charge is 2.24. The maximum Gasteiger partial charge on any atom is 0.306 e. The number of nitrogens with one attached hydrogen (secondary N) is 1. The van der Waals surface area contributed by atoms with Crippen LogP contribution < -0.4 is 5.32 Å². The first kappa shape index (κ1) is 61.8. The first-order valence-electron chi connectivity index (χ1n) is 27.9. The highest BCUT2D eigenvalue weighted by atomic mass is 16.5. The van der Waals surface area contributed by atoms with Gasteiger partial charge in [0.25, 0.3) is 0 Å². The number of aliphatic hydroxyl groups excluding tert-OH is 2. The van der Waals surface area contributed by atoms with Crippen LogP contribution in [0.5, 0.6) is 0 Å². The lowest BCUT2D eigenvalue weighted by Crippen LogP contribution is -2.46. The van der Waals surface area contributed by atoms with Gasteiger partial charge in [0, 0.05) is 6.42 Å². The molecule has 64 heavy (non-hydrogen) atoms. The molecule has 0 aliphatic carbocycles. The van der Waals surface area contributed by atoms with Crippen LogP contribution in [0, 0.1) is 0 Å². The summed E-state index contributed by atoms with van der Waals surface area (Å²) in [4.78, 5) is 26.2. The lowest BCUT2D eigenvalue weighted by atomic mass is 10.0. The number of hydrogen-bond acceptors (Lipinski definition) is 5. The minimum Gasteiger partial charge on any atom is -0.462 e. The Balaban J connectivity index is 4.63. The summed E-state index contributed by atoms with van der Waals surface area (Å²) in [5.41, 5.74) is 0. The number of carbonyl (C=O) groups excluding carboxylic acids is 2. The van der Waals surface area contributed by atoms with E-state index in [0.29, 0.717) is 19.3 Å². The molecule has 0 saturated carbocycles. The SMILES string of the molecule is CCCCCCCCC/C=C/C=C/CCCCCCCC(=O)OC(CCCCC/C=C/C=C/CCCCCCCCC)CC(=O)NC(CO)C(O)CCCCCCCCCCCCC. The van der Waals surface area contributed by atoms with Crippen molar-refractivity contribution < 1.29 is 24.5 Å². The average molecular weight is 898 g/mol. The fraction of sp³-hybridized carbons (Fsp3) is 0.828. The van der Waals surface area contributed by atoms with Crippen LogP contribution in [0.4, 0.5) is 0 Å². The molecule has 3 N–H and O–H groups in total. The molecule has 0 spiro atoms. The molecule has 0 aromatic rings. The van der Waals surface area contributed by atoms with Gasteiger partial charge in [0.15, 0.2) is 0 Å². The maximum absolute atomic E-state index is 13.2. The fourth-order valence-electron chi connectivity index (χ4n) is 8.41. The summed E-state index contributed by atoms with van der Waals surface area (Å²) in [5, 5.41) is 23.8. The minimum absolute atomic E-state index is 0.0542. The summed E-state index contributed by atoms with van der Waals surface area (Å²) in [7, 11) is 0. The number of allylic oxidation sites excluding steroid dienone is 8. The molecule has 0 aromatic carbocycles. The van der Waals surface area contributed by atoms with Crippen molar-refractivity contribution in [3.63, 3.8) is 0 Å². The van der Waals surface area contributed by atoms with Crippen molar-refractivity contribution >= 4 is 11.9 Å². The van der Waals surface area contributed by atoms with Crippen molar-refractivity contribution in [2.24, 2.45) is 0 Å². The maximum atomic E-state index is 13.2. The normalized spacial score (nSPS) is 13.5. The predicted octanol–water partition coefficient (Wildman–Crippen LogP) is 17.0. The van der Waals surface area contributed by atoms with Crippen molar-refractivity contribution in [1.82, 2.24) is 5.32 Å². The van der Waals surface area contributed by atoms with Gasteiger partial charge in [-0.2, -0.15) is 0 Å². The Morgan fingerprint density at radius 2 is 0.781 bits per heavy atom. The molecule has 1 amide bonds. The number of esters is 1. The topological polar surface area (TPSA) is 95.9 Å². The molecule has 0 rings (SSSR count). The summed E-state index contributed by atoms with van der Waals surface area (Å²) < 4.78 is 5.93. The Bertz CT molecular complexity index is 1100.